The van der Waals surface area contributed by atoms with Crippen LogP contribution in [0.1, 0.15) is 35.3 Å². The van der Waals surface area contributed by atoms with E-state index in [4.69, 9.17) is 28.3 Å². The summed E-state index contributed by atoms with van der Waals surface area (Å²) in [4.78, 5) is 22.7. The zero-order chi connectivity index (χ0) is 27.5. The van der Waals surface area contributed by atoms with Crippen molar-refractivity contribution in [2.24, 2.45) is 0 Å². The number of hydrogen-bond acceptors (Lipinski definition) is 6. The minimum Gasteiger partial charge on any atom is -0.481 e. The monoisotopic (exact) mass is 579 g/mol. The number of carboxylic acid groups (broad SMARTS) is 1. The molecule has 0 bridgehead atoms. The Morgan fingerprint density at radius 1 is 1.11 bits per heavy atom. The van der Waals surface area contributed by atoms with E-state index in [9.17, 15) is 31.2 Å². The van der Waals surface area contributed by atoms with Crippen molar-refractivity contribution in [2.45, 2.75) is 24.9 Å². The molecular formula is C22H18Cl2F3N3O6S. The number of nitrogens with zero attached hydrogens (tertiary/aromatic N) is 2. The minimum atomic E-state index is -6.01. The van der Waals surface area contributed by atoms with Crippen LogP contribution in [-0.4, -0.2) is 47.2 Å². The second kappa shape index (κ2) is 11.0. The average molecular weight is 580 g/mol. The van der Waals surface area contributed by atoms with E-state index in [2.05, 4.69) is 14.6 Å². The van der Waals surface area contributed by atoms with Gasteiger partial charge in [0.25, 0.3) is 5.91 Å². The summed E-state index contributed by atoms with van der Waals surface area (Å²) in [6, 6.07) is 10.2. The van der Waals surface area contributed by atoms with Crippen molar-refractivity contribution < 1.29 is 40.5 Å². The molecule has 0 spiro atoms. The van der Waals surface area contributed by atoms with E-state index in [0.29, 0.717) is 11.1 Å². The summed E-state index contributed by atoms with van der Waals surface area (Å²) < 4.78 is 67.8. The molecule has 3 rings (SSSR count). The molecule has 1 heterocycles. The van der Waals surface area contributed by atoms with Crippen molar-refractivity contribution in [1.82, 2.24) is 15.1 Å². The minimum absolute atomic E-state index is 0.0399. The van der Waals surface area contributed by atoms with Gasteiger partial charge in [0.15, 0.2) is 0 Å². The fraction of sp³-hybridized carbons (Fsp3) is 0.227. The number of hydrogen-bond donors (Lipinski definition) is 2. The molecule has 0 fully saturated rings. The van der Waals surface area contributed by atoms with Crippen LogP contribution in [-0.2, 0) is 14.9 Å². The Bertz CT molecular complexity index is 1410. The Balaban J connectivity index is 1.97. The first-order chi connectivity index (χ1) is 17.2. The molecule has 3 aromatic rings. The standard InChI is InChI=1S/C22H18Cl2F3N3O6S/c1-12(13-2-4-14(5-3-13)21(33)28-7-6-20(31)32)30-19(36-37(34,35)22(25,26)27)11-18(29-30)15-8-16(23)10-17(24)9-15/h2-5,8-12H,6-7H2,1H3,(H,28,33)(H,31,32)/t12-/m0/s1. The highest BCUT2D eigenvalue weighted by Gasteiger charge is 2.49. The lowest BCUT2D eigenvalue weighted by molar-refractivity contribution is -0.136. The number of alkyl halides is 3. The van der Waals surface area contributed by atoms with E-state index >= 15 is 0 Å². The summed E-state index contributed by atoms with van der Waals surface area (Å²) in [5.74, 6) is -2.32. The molecule has 0 aliphatic rings. The van der Waals surface area contributed by atoms with Gasteiger partial charge in [0.1, 0.15) is 0 Å². The van der Waals surface area contributed by atoms with Gasteiger partial charge in [0.2, 0.25) is 5.88 Å². The number of aliphatic carboxylic acids is 1. The molecule has 2 N–H and O–H groups in total. The van der Waals surface area contributed by atoms with Crippen molar-refractivity contribution in [3.63, 3.8) is 0 Å². The van der Waals surface area contributed by atoms with Gasteiger partial charge in [-0.3, -0.25) is 9.59 Å². The van der Waals surface area contributed by atoms with Gasteiger partial charge in [-0.05, 0) is 42.8 Å². The molecule has 1 amide bonds. The van der Waals surface area contributed by atoms with Gasteiger partial charge < -0.3 is 14.6 Å². The van der Waals surface area contributed by atoms with Gasteiger partial charge >= 0.3 is 21.6 Å². The number of aromatic nitrogens is 2. The summed E-state index contributed by atoms with van der Waals surface area (Å²) in [5.41, 5.74) is -4.70. The van der Waals surface area contributed by atoms with Crippen LogP contribution >= 0.6 is 23.2 Å². The number of nitrogens with one attached hydrogen (secondary N) is 1. The van der Waals surface area contributed by atoms with Crippen molar-refractivity contribution in [1.29, 1.82) is 0 Å². The predicted octanol–water partition coefficient (Wildman–Crippen LogP) is 4.90. The molecule has 2 aromatic carbocycles. The highest BCUT2D eigenvalue weighted by molar-refractivity contribution is 7.87. The summed E-state index contributed by atoms with van der Waals surface area (Å²) in [6.45, 7) is 1.45. The van der Waals surface area contributed by atoms with E-state index < -0.39 is 39.4 Å². The third-order valence-corrected chi connectivity index (χ3v) is 6.38. The van der Waals surface area contributed by atoms with E-state index in [1.165, 1.54) is 49.4 Å². The van der Waals surface area contributed by atoms with Crippen LogP contribution in [0.3, 0.4) is 0 Å². The molecule has 0 aliphatic heterocycles. The molecule has 0 saturated heterocycles. The summed E-state index contributed by atoms with van der Waals surface area (Å²) >= 11 is 12.0. The molecule has 0 aliphatic carbocycles. The molecule has 1 atom stereocenters. The van der Waals surface area contributed by atoms with Crippen LogP contribution in [0.25, 0.3) is 11.3 Å². The number of carbonyl (C=O) groups excluding carboxylic acids is 1. The number of rotatable bonds is 9. The van der Waals surface area contributed by atoms with E-state index in [0.717, 1.165) is 10.7 Å². The van der Waals surface area contributed by atoms with Crippen molar-refractivity contribution in [3.8, 4) is 17.1 Å². The normalized spacial score (nSPS) is 12.7. The van der Waals surface area contributed by atoms with Gasteiger partial charge in [-0.1, -0.05) is 35.3 Å². The molecule has 0 radical (unpaired) electrons. The second-order valence-corrected chi connectivity index (χ2v) is 10.1. The lowest BCUT2D eigenvalue weighted by atomic mass is 10.1. The first-order valence-corrected chi connectivity index (χ1v) is 12.5. The molecule has 15 heteroatoms. The van der Waals surface area contributed by atoms with Crippen molar-refractivity contribution >= 4 is 45.2 Å². The Morgan fingerprint density at radius 2 is 1.70 bits per heavy atom. The lowest BCUT2D eigenvalue weighted by Crippen LogP contribution is -2.29. The molecule has 0 unspecified atom stereocenters. The largest absolute Gasteiger partial charge is 0.534 e. The summed E-state index contributed by atoms with van der Waals surface area (Å²) in [7, 11) is -6.01. The van der Waals surface area contributed by atoms with Gasteiger partial charge in [0.05, 0.1) is 18.2 Å². The zero-order valence-corrected chi connectivity index (χ0v) is 21.1. The summed E-state index contributed by atoms with van der Waals surface area (Å²) in [5, 5.41) is 15.8. The maximum absolute atomic E-state index is 13.0. The quantitative estimate of drug-likeness (QED) is 0.272. The van der Waals surface area contributed by atoms with Crippen LogP contribution in [0.5, 0.6) is 5.88 Å². The Morgan fingerprint density at radius 3 is 2.24 bits per heavy atom. The van der Waals surface area contributed by atoms with Crippen LogP contribution < -0.4 is 9.50 Å². The van der Waals surface area contributed by atoms with Crippen LogP contribution in [0.2, 0.25) is 10.0 Å². The molecule has 198 valence electrons. The molecular weight excluding hydrogens is 562 g/mol. The van der Waals surface area contributed by atoms with Gasteiger partial charge in [0, 0.05) is 33.8 Å². The number of amides is 1. The maximum Gasteiger partial charge on any atom is 0.534 e. The number of benzene rings is 2. The number of carboxylic acids is 1. The number of carbonyl (C=O) groups is 2. The average Bonchev–Trinajstić information content (AvgIpc) is 3.20. The third-order valence-electron chi connectivity index (χ3n) is 4.98. The predicted molar refractivity (Wildman–Crippen MR) is 128 cm³/mol. The number of halogens is 5. The van der Waals surface area contributed by atoms with Gasteiger partial charge in [-0.25, -0.2) is 4.68 Å². The summed E-state index contributed by atoms with van der Waals surface area (Å²) in [6.07, 6.45) is -0.260. The highest BCUT2D eigenvalue weighted by Crippen LogP contribution is 2.34. The fourth-order valence-electron chi connectivity index (χ4n) is 3.16. The molecule has 37 heavy (non-hydrogen) atoms. The van der Waals surface area contributed by atoms with Crippen LogP contribution in [0.4, 0.5) is 13.2 Å². The Kier molecular flexibility index (Phi) is 8.40. The smallest absolute Gasteiger partial charge is 0.481 e. The van der Waals surface area contributed by atoms with Gasteiger partial charge in [-0.2, -0.15) is 26.7 Å². The van der Waals surface area contributed by atoms with E-state index in [-0.39, 0.29) is 34.3 Å². The fourth-order valence-corrected chi connectivity index (χ4v) is 4.13. The molecule has 0 saturated carbocycles. The zero-order valence-electron chi connectivity index (χ0n) is 18.8. The topological polar surface area (TPSA) is 128 Å². The second-order valence-electron chi connectivity index (χ2n) is 7.65. The first kappa shape index (κ1) is 28.3. The SMILES string of the molecule is C[C@@H](c1ccc(C(=O)NCCC(=O)O)cc1)n1nc(-c2cc(Cl)cc(Cl)c2)cc1OS(=O)(=O)C(F)(F)F. The Hall–Kier alpha value is -3.29. The Labute approximate surface area is 218 Å². The van der Waals surface area contributed by atoms with Gasteiger partial charge in [-0.15, -0.1) is 0 Å². The van der Waals surface area contributed by atoms with Crippen LogP contribution in [0, 0.1) is 0 Å². The molecule has 9 nitrogen and oxygen atoms in total. The molecule has 1 aromatic heterocycles. The van der Waals surface area contributed by atoms with Crippen molar-refractivity contribution in [3.05, 3.63) is 69.7 Å². The van der Waals surface area contributed by atoms with E-state index in [1.54, 1.807) is 0 Å². The highest BCUT2D eigenvalue weighted by atomic mass is 35.5. The maximum atomic E-state index is 13.0. The van der Waals surface area contributed by atoms with Crippen LogP contribution in [0.15, 0.2) is 48.5 Å². The first-order valence-electron chi connectivity index (χ1n) is 10.3. The van der Waals surface area contributed by atoms with Crippen molar-refractivity contribution in [2.75, 3.05) is 6.54 Å². The van der Waals surface area contributed by atoms with E-state index in [1.807, 2.05) is 0 Å². The lowest BCUT2D eigenvalue weighted by Gasteiger charge is -2.17. The third kappa shape index (κ3) is 6.93.